The minimum absolute atomic E-state index is 0.0141. The van der Waals surface area contributed by atoms with Crippen LogP contribution in [-0.4, -0.2) is 46.9 Å². The van der Waals surface area contributed by atoms with E-state index in [0.717, 1.165) is 43.4 Å². The average molecular weight is 291 g/mol. The molecule has 1 saturated heterocycles. The van der Waals surface area contributed by atoms with Crippen molar-refractivity contribution >= 4 is 17.2 Å². The second-order valence-electron chi connectivity index (χ2n) is 4.93. The summed E-state index contributed by atoms with van der Waals surface area (Å²) in [5, 5.41) is 3.22. The van der Waals surface area contributed by atoms with Crippen LogP contribution < -0.4 is 0 Å². The van der Waals surface area contributed by atoms with E-state index in [4.69, 9.17) is 4.42 Å². The van der Waals surface area contributed by atoms with Gasteiger partial charge in [-0.2, -0.15) is 0 Å². The highest BCUT2D eigenvalue weighted by Crippen LogP contribution is 2.14. The molecular formula is C14H17N3O2S. The maximum atomic E-state index is 12.1. The fourth-order valence-corrected chi connectivity index (χ4v) is 3.14. The molecule has 3 heterocycles. The van der Waals surface area contributed by atoms with Gasteiger partial charge in [0.15, 0.2) is 5.76 Å². The first-order valence-electron chi connectivity index (χ1n) is 6.68. The Kier molecular flexibility index (Phi) is 3.84. The van der Waals surface area contributed by atoms with Crippen LogP contribution in [0.3, 0.4) is 0 Å². The van der Waals surface area contributed by atoms with Crippen LogP contribution in [0.2, 0.25) is 0 Å². The Bertz CT molecular complexity index is 571. The van der Waals surface area contributed by atoms with Crippen molar-refractivity contribution in [1.82, 2.24) is 14.8 Å². The molecule has 2 aromatic rings. The Hall–Kier alpha value is -1.66. The third-order valence-corrected chi connectivity index (χ3v) is 4.37. The van der Waals surface area contributed by atoms with Crippen LogP contribution >= 0.6 is 11.3 Å². The number of aromatic nitrogens is 1. The van der Waals surface area contributed by atoms with Crippen LogP contribution in [0.25, 0.3) is 0 Å². The van der Waals surface area contributed by atoms with Crippen LogP contribution in [0.5, 0.6) is 0 Å². The Labute approximate surface area is 121 Å². The zero-order chi connectivity index (χ0) is 13.9. The molecule has 0 aromatic carbocycles. The van der Waals surface area contributed by atoms with Crippen molar-refractivity contribution in [3.05, 3.63) is 40.2 Å². The molecule has 0 bridgehead atoms. The molecule has 0 atom stereocenters. The van der Waals surface area contributed by atoms with E-state index in [1.807, 2.05) is 11.8 Å². The standard InChI is InChI=1S/C14H17N3O2S/c1-11-10-20-13(15-11)9-16-4-6-17(7-5-16)14(18)12-3-2-8-19-12/h2-3,8,10H,4-7,9H2,1H3. The third-order valence-electron chi connectivity index (χ3n) is 3.42. The molecule has 3 rings (SSSR count). The van der Waals surface area contributed by atoms with E-state index in [0.29, 0.717) is 5.76 Å². The molecule has 106 valence electrons. The van der Waals surface area contributed by atoms with Crippen molar-refractivity contribution < 1.29 is 9.21 Å². The van der Waals surface area contributed by atoms with Crippen molar-refractivity contribution in [3.63, 3.8) is 0 Å². The van der Waals surface area contributed by atoms with Gasteiger partial charge in [-0.05, 0) is 19.1 Å². The molecule has 0 aliphatic carbocycles. The van der Waals surface area contributed by atoms with Crippen LogP contribution in [-0.2, 0) is 6.54 Å². The lowest BCUT2D eigenvalue weighted by Crippen LogP contribution is -2.48. The van der Waals surface area contributed by atoms with Gasteiger partial charge in [0.05, 0.1) is 12.8 Å². The highest BCUT2D eigenvalue weighted by atomic mass is 32.1. The summed E-state index contributed by atoms with van der Waals surface area (Å²) in [6.45, 7) is 6.13. The number of thiazole rings is 1. The first-order chi connectivity index (χ1) is 9.72. The molecule has 2 aromatic heterocycles. The second kappa shape index (κ2) is 5.76. The van der Waals surface area contributed by atoms with Crippen molar-refractivity contribution in [2.24, 2.45) is 0 Å². The number of rotatable bonds is 3. The van der Waals surface area contributed by atoms with Gasteiger partial charge in [-0.3, -0.25) is 9.69 Å². The summed E-state index contributed by atoms with van der Waals surface area (Å²) in [7, 11) is 0. The highest BCUT2D eigenvalue weighted by molar-refractivity contribution is 7.09. The Balaban J connectivity index is 1.53. The summed E-state index contributed by atoms with van der Waals surface area (Å²) < 4.78 is 5.16. The van der Waals surface area contributed by atoms with Crippen LogP contribution in [0.4, 0.5) is 0 Å². The van der Waals surface area contributed by atoms with Gasteiger partial charge >= 0.3 is 0 Å². The topological polar surface area (TPSA) is 49.6 Å². The Morgan fingerprint density at radius 2 is 2.20 bits per heavy atom. The van der Waals surface area contributed by atoms with Gasteiger partial charge < -0.3 is 9.32 Å². The molecule has 5 nitrogen and oxygen atoms in total. The number of piperazine rings is 1. The first kappa shape index (κ1) is 13.3. The Morgan fingerprint density at radius 3 is 2.80 bits per heavy atom. The number of amides is 1. The molecule has 0 saturated carbocycles. The predicted octanol–water partition coefficient (Wildman–Crippen LogP) is 2.00. The lowest BCUT2D eigenvalue weighted by molar-refractivity contribution is 0.0597. The van der Waals surface area contributed by atoms with E-state index >= 15 is 0 Å². The van der Waals surface area contributed by atoms with Crippen LogP contribution in [0.1, 0.15) is 21.3 Å². The second-order valence-corrected chi connectivity index (χ2v) is 5.87. The fourth-order valence-electron chi connectivity index (χ4n) is 2.33. The number of furan rings is 1. The van der Waals surface area contributed by atoms with Crippen molar-refractivity contribution in [2.75, 3.05) is 26.2 Å². The molecule has 0 spiro atoms. The molecule has 20 heavy (non-hydrogen) atoms. The minimum Gasteiger partial charge on any atom is -0.459 e. The average Bonchev–Trinajstić information content (AvgIpc) is 3.11. The van der Waals surface area contributed by atoms with Gasteiger partial charge in [-0.15, -0.1) is 11.3 Å². The van der Waals surface area contributed by atoms with E-state index in [-0.39, 0.29) is 5.91 Å². The van der Waals surface area contributed by atoms with Crippen LogP contribution in [0, 0.1) is 6.92 Å². The van der Waals surface area contributed by atoms with Gasteiger partial charge in [0.25, 0.3) is 5.91 Å². The number of hydrogen-bond donors (Lipinski definition) is 0. The van der Waals surface area contributed by atoms with E-state index in [2.05, 4.69) is 15.3 Å². The summed E-state index contributed by atoms with van der Waals surface area (Å²) in [4.78, 5) is 20.8. The lowest BCUT2D eigenvalue weighted by Gasteiger charge is -2.33. The zero-order valence-corrected chi connectivity index (χ0v) is 12.2. The largest absolute Gasteiger partial charge is 0.459 e. The number of carbonyl (C=O) groups is 1. The SMILES string of the molecule is Cc1csc(CN2CCN(C(=O)c3ccco3)CC2)n1. The van der Waals surface area contributed by atoms with E-state index in [9.17, 15) is 4.79 Å². The summed E-state index contributed by atoms with van der Waals surface area (Å²) >= 11 is 1.70. The fraction of sp³-hybridized carbons (Fsp3) is 0.429. The van der Waals surface area contributed by atoms with Crippen LogP contribution in [0.15, 0.2) is 28.2 Å². The monoisotopic (exact) mass is 291 g/mol. The molecule has 1 amide bonds. The first-order valence-corrected chi connectivity index (χ1v) is 7.56. The quantitative estimate of drug-likeness (QED) is 0.868. The molecule has 6 heteroatoms. The number of carbonyl (C=O) groups excluding carboxylic acids is 1. The number of nitrogens with zero attached hydrogens (tertiary/aromatic N) is 3. The number of aryl methyl sites for hydroxylation is 1. The smallest absolute Gasteiger partial charge is 0.289 e. The molecular weight excluding hydrogens is 274 g/mol. The Morgan fingerprint density at radius 1 is 1.40 bits per heavy atom. The summed E-state index contributed by atoms with van der Waals surface area (Å²) in [5.41, 5.74) is 1.08. The third kappa shape index (κ3) is 2.91. The molecule has 0 radical (unpaired) electrons. The normalized spacial score (nSPS) is 16.6. The van der Waals surface area contributed by atoms with Crippen molar-refractivity contribution in [3.8, 4) is 0 Å². The summed E-state index contributed by atoms with van der Waals surface area (Å²) in [6.07, 6.45) is 1.54. The molecule has 1 fully saturated rings. The maximum Gasteiger partial charge on any atom is 0.289 e. The molecule has 0 unspecified atom stereocenters. The van der Waals surface area contributed by atoms with E-state index in [1.54, 1.807) is 23.5 Å². The lowest BCUT2D eigenvalue weighted by atomic mass is 10.3. The van der Waals surface area contributed by atoms with E-state index in [1.165, 1.54) is 6.26 Å². The summed E-state index contributed by atoms with van der Waals surface area (Å²) in [6, 6.07) is 3.46. The molecule has 1 aliphatic rings. The van der Waals surface area contributed by atoms with Gasteiger partial charge in [-0.25, -0.2) is 4.98 Å². The predicted molar refractivity (Wildman–Crippen MR) is 76.7 cm³/mol. The van der Waals surface area contributed by atoms with Gasteiger partial charge in [-0.1, -0.05) is 0 Å². The zero-order valence-electron chi connectivity index (χ0n) is 11.4. The molecule has 1 aliphatic heterocycles. The van der Waals surface area contributed by atoms with Crippen molar-refractivity contribution in [2.45, 2.75) is 13.5 Å². The van der Waals surface area contributed by atoms with Gasteiger partial charge in [0.2, 0.25) is 0 Å². The van der Waals surface area contributed by atoms with Crippen molar-refractivity contribution in [1.29, 1.82) is 0 Å². The van der Waals surface area contributed by atoms with Gasteiger partial charge in [0.1, 0.15) is 5.01 Å². The summed E-state index contributed by atoms with van der Waals surface area (Å²) in [5.74, 6) is 0.411. The minimum atomic E-state index is -0.0141. The highest BCUT2D eigenvalue weighted by Gasteiger charge is 2.23. The van der Waals surface area contributed by atoms with Gasteiger partial charge in [0, 0.05) is 37.3 Å². The number of hydrogen-bond acceptors (Lipinski definition) is 5. The maximum absolute atomic E-state index is 12.1. The van der Waals surface area contributed by atoms with E-state index < -0.39 is 0 Å². The molecule has 0 N–H and O–H groups in total.